The molecule has 0 bridgehead atoms. The van der Waals surface area contributed by atoms with Crippen LogP contribution in [0.4, 0.5) is 23.2 Å². The minimum atomic E-state index is -5.06. The smallest absolute Gasteiger partial charge is 0.403 e. The lowest BCUT2D eigenvalue weighted by atomic mass is 10.3. The molecular formula is C7H3F4IN2O3. The predicted octanol–water partition coefficient (Wildman–Crippen LogP) is 2.96. The van der Waals surface area contributed by atoms with Gasteiger partial charge in [0, 0.05) is 0 Å². The third-order valence-corrected chi connectivity index (χ3v) is 2.34. The quantitative estimate of drug-likeness (QED) is 0.271. The van der Waals surface area contributed by atoms with Crippen molar-refractivity contribution >= 4 is 28.3 Å². The molecule has 1 heterocycles. The lowest BCUT2D eigenvalue weighted by molar-refractivity contribution is -0.386. The van der Waals surface area contributed by atoms with Gasteiger partial charge in [-0.1, -0.05) is 0 Å². The SMILES string of the molecule is O=[N+]([O-])c1cc(OC(F)(F)F)c(CF)nc1I. The highest BCUT2D eigenvalue weighted by atomic mass is 127. The van der Waals surface area contributed by atoms with Gasteiger partial charge in [0.05, 0.1) is 11.0 Å². The number of ether oxygens (including phenoxy) is 1. The maximum atomic E-state index is 12.4. The number of rotatable bonds is 3. The van der Waals surface area contributed by atoms with E-state index in [2.05, 4.69) is 9.72 Å². The van der Waals surface area contributed by atoms with Crippen LogP contribution >= 0.6 is 22.6 Å². The van der Waals surface area contributed by atoms with E-state index in [0.29, 0.717) is 6.07 Å². The van der Waals surface area contributed by atoms with Crippen LogP contribution in [0, 0.1) is 13.8 Å². The third kappa shape index (κ3) is 3.64. The number of hydrogen-bond donors (Lipinski definition) is 0. The normalized spacial score (nSPS) is 11.4. The summed E-state index contributed by atoms with van der Waals surface area (Å²) in [5.74, 6) is -1.01. The van der Waals surface area contributed by atoms with Crippen molar-refractivity contribution in [2.45, 2.75) is 13.0 Å². The summed E-state index contributed by atoms with van der Waals surface area (Å²) in [6.07, 6.45) is -5.06. The van der Waals surface area contributed by atoms with Crippen molar-refractivity contribution in [1.82, 2.24) is 4.98 Å². The van der Waals surface area contributed by atoms with E-state index in [1.807, 2.05) is 0 Å². The van der Waals surface area contributed by atoms with Crippen LogP contribution < -0.4 is 4.74 Å². The molecule has 0 aliphatic carbocycles. The Morgan fingerprint density at radius 2 is 2.12 bits per heavy atom. The van der Waals surface area contributed by atoms with Crippen LogP contribution in [0.2, 0.25) is 0 Å². The molecule has 17 heavy (non-hydrogen) atoms. The van der Waals surface area contributed by atoms with Crippen LogP contribution in [0.1, 0.15) is 5.69 Å². The van der Waals surface area contributed by atoms with Crippen LogP contribution in [-0.4, -0.2) is 16.3 Å². The van der Waals surface area contributed by atoms with Crippen LogP contribution in [0.5, 0.6) is 5.75 Å². The molecular weight excluding hydrogens is 363 g/mol. The molecule has 0 aromatic carbocycles. The highest BCUT2D eigenvalue weighted by molar-refractivity contribution is 14.1. The average molecular weight is 366 g/mol. The molecule has 0 saturated carbocycles. The molecule has 1 rings (SSSR count). The molecule has 0 aliphatic rings. The van der Waals surface area contributed by atoms with Crippen molar-refractivity contribution in [3.8, 4) is 5.75 Å². The Labute approximate surface area is 105 Å². The standard InChI is InChI=1S/C7H3F4IN2O3/c8-2-3-5(17-7(9,10)11)1-4(14(15)16)6(12)13-3/h1H,2H2. The Bertz CT molecular complexity index is 451. The third-order valence-electron chi connectivity index (χ3n) is 1.55. The summed E-state index contributed by atoms with van der Waals surface area (Å²) in [6, 6.07) is 0.497. The van der Waals surface area contributed by atoms with Gasteiger partial charge in [-0.05, 0) is 22.6 Å². The second kappa shape index (κ2) is 4.98. The van der Waals surface area contributed by atoms with E-state index in [4.69, 9.17) is 0 Å². The molecule has 0 spiro atoms. The number of hydrogen-bond acceptors (Lipinski definition) is 4. The van der Waals surface area contributed by atoms with Gasteiger partial charge in [0.2, 0.25) is 0 Å². The molecule has 0 fully saturated rings. The molecule has 0 aliphatic heterocycles. The topological polar surface area (TPSA) is 65.3 Å². The van der Waals surface area contributed by atoms with E-state index >= 15 is 0 Å². The molecule has 5 nitrogen and oxygen atoms in total. The van der Waals surface area contributed by atoms with Gasteiger partial charge in [-0.2, -0.15) is 0 Å². The first kappa shape index (κ1) is 13.9. The fraction of sp³-hybridized carbons (Fsp3) is 0.286. The Morgan fingerprint density at radius 3 is 2.53 bits per heavy atom. The second-order valence-corrected chi connectivity index (χ2v) is 3.70. The Morgan fingerprint density at radius 1 is 1.53 bits per heavy atom. The molecule has 0 amide bonds. The van der Waals surface area contributed by atoms with E-state index in [-0.39, 0.29) is 3.70 Å². The first-order valence-corrected chi connectivity index (χ1v) is 4.98. The van der Waals surface area contributed by atoms with Crippen LogP contribution in [-0.2, 0) is 6.67 Å². The zero-order valence-electron chi connectivity index (χ0n) is 7.79. The number of pyridine rings is 1. The molecule has 94 valence electrons. The summed E-state index contributed by atoms with van der Waals surface area (Å²) in [5.41, 5.74) is -1.32. The molecule has 0 N–H and O–H groups in total. The minimum absolute atomic E-state index is 0.213. The first-order valence-electron chi connectivity index (χ1n) is 3.90. The zero-order chi connectivity index (χ0) is 13.2. The van der Waals surface area contributed by atoms with E-state index in [9.17, 15) is 27.7 Å². The van der Waals surface area contributed by atoms with Crippen LogP contribution in [0.25, 0.3) is 0 Å². The van der Waals surface area contributed by atoms with E-state index in [1.54, 1.807) is 0 Å². The Kier molecular flexibility index (Phi) is 4.06. The predicted molar refractivity (Wildman–Crippen MR) is 55.1 cm³/mol. The summed E-state index contributed by atoms with van der Waals surface area (Å²) in [7, 11) is 0. The summed E-state index contributed by atoms with van der Waals surface area (Å²) in [6.45, 7) is -1.32. The largest absolute Gasteiger partial charge is 0.573 e. The molecule has 0 atom stereocenters. The van der Waals surface area contributed by atoms with Gasteiger partial charge in [-0.15, -0.1) is 13.2 Å². The Hall–Kier alpha value is -1.20. The van der Waals surface area contributed by atoms with Gasteiger partial charge < -0.3 is 4.74 Å². The van der Waals surface area contributed by atoms with Crippen molar-refractivity contribution in [2.75, 3.05) is 0 Å². The van der Waals surface area contributed by atoms with Crippen molar-refractivity contribution in [3.05, 3.63) is 25.6 Å². The number of nitrogens with zero attached hydrogens (tertiary/aromatic N) is 2. The molecule has 0 saturated heterocycles. The zero-order valence-corrected chi connectivity index (χ0v) is 9.95. The van der Waals surface area contributed by atoms with Gasteiger partial charge in [-0.25, -0.2) is 9.37 Å². The van der Waals surface area contributed by atoms with E-state index in [1.165, 1.54) is 22.6 Å². The fourth-order valence-corrected chi connectivity index (χ4v) is 1.58. The van der Waals surface area contributed by atoms with Gasteiger partial charge in [-0.3, -0.25) is 10.1 Å². The molecule has 0 unspecified atom stereocenters. The summed E-state index contributed by atoms with van der Waals surface area (Å²) < 4.78 is 51.5. The maximum Gasteiger partial charge on any atom is 0.573 e. The van der Waals surface area contributed by atoms with Gasteiger partial charge in [0.1, 0.15) is 12.4 Å². The van der Waals surface area contributed by atoms with Crippen molar-refractivity contribution in [1.29, 1.82) is 0 Å². The van der Waals surface area contributed by atoms with Gasteiger partial charge in [0.25, 0.3) is 0 Å². The van der Waals surface area contributed by atoms with E-state index < -0.39 is 35.1 Å². The summed E-state index contributed by atoms with van der Waals surface area (Å²) in [5, 5.41) is 10.5. The fourth-order valence-electron chi connectivity index (χ4n) is 0.935. The first-order chi connectivity index (χ1) is 7.74. The highest BCUT2D eigenvalue weighted by Gasteiger charge is 2.34. The lowest BCUT2D eigenvalue weighted by Gasteiger charge is -2.11. The van der Waals surface area contributed by atoms with Crippen molar-refractivity contribution in [2.24, 2.45) is 0 Å². The van der Waals surface area contributed by atoms with Crippen LogP contribution in [0.15, 0.2) is 6.07 Å². The molecule has 1 aromatic rings. The number of aromatic nitrogens is 1. The molecule has 10 heteroatoms. The Balaban J connectivity index is 3.26. The lowest BCUT2D eigenvalue weighted by Crippen LogP contribution is -2.19. The average Bonchev–Trinajstić information content (AvgIpc) is 2.17. The number of alkyl halides is 4. The minimum Gasteiger partial charge on any atom is -0.403 e. The van der Waals surface area contributed by atoms with Crippen LogP contribution in [0.3, 0.4) is 0 Å². The molecule has 1 aromatic heterocycles. The van der Waals surface area contributed by atoms with Gasteiger partial charge in [0.15, 0.2) is 9.45 Å². The van der Waals surface area contributed by atoms with E-state index in [0.717, 1.165) is 0 Å². The van der Waals surface area contributed by atoms with Gasteiger partial charge >= 0.3 is 12.0 Å². The monoisotopic (exact) mass is 366 g/mol. The number of halogens is 5. The summed E-state index contributed by atoms with van der Waals surface area (Å²) >= 11 is 1.42. The molecule has 0 radical (unpaired) electrons. The van der Waals surface area contributed by atoms with Crippen molar-refractivity contribution in [3.63, 3.8) is 0 Å². The number of nitro groups is 1. The maximum absolute atomic E-state index is 12.4. The highest BCUT2D eigenvalue weighted by Crippen LogP contribution is 2.31. The van der Waals surface area contributed by atoms with Crippen molar-refractivity contribution < 1.29 is 27.2 Å². The second-order valence-electron chi connectivity index (χ2n) is 2.68. The summed E-state index contributed by atoms with van der Waals surface area (Å²) in [4.78, 5) is 12.9.